The molecule has 0 fully saturated rings. The van der Waals surface area contributed by atoms with E-state index in [-0.39, 0.29) is 0 Å². The molecule has 0 amide bonds. The van der Waals surface area contributed by atoms with Crippen molar-refractivity contribution in [1.82, 2.24) is 4.57 Å². The van der Waals surface area contributed by atoms with Gasteiger partial charge in [-0.25, -0.2) is 0 Å². The van der Waals surface area contributed by atoms with E-state index in [1.54, 1.807) is 0 Å². The minimum atomic E-state index is -2.69. The fraction of sp³-hybridized carbons (Fsp3) is 0. The number of hydrogen-bond donors (Lipinski definition) is 0. The molecule has 10 aromatic carbocycles. The largest absolute Gasteiger partial charge is 0.454 e. The van der Waals surface area contributed by atoms with Gasteiger partial charge in [0.2, 0.25) is 0 Å². The van der Waals surface area contributed by atoms with Crippen LogP contribution in [0.3, 0.4) is 0 Å². The van der Waals surface area contributed by atoms with Gasteiger partial charge in [-0.05, 0) is 116 Å². The first kappa shape index (κ1) is 39.2. The lowest BCUT2D eigenvalue weighted by molar-refractivity contribution is 0.673. The summed E-state index contributed by atoms with van der Waals surface area (Å²) in [4.78, 5) is 2.37. The van der Waals surface area contributed by atoms with Crippen LogP contribution >= 0.6 is 0 Å². The summed E-state index contributed by atoms with van der Waals surface area (Å²) in [6, 6.07) is 97.0. The summed E-state index contributed by atoms with van der Waals surface area (Å²) in [7, 11) is -2.69. The van der Waals surface area contributed by atoms with Crippen LogP contribution in [0.2, 0.25) is 0 Å². The molecular formula is C62H44N2OSi. The smallest absolute Gasteiger partial charge is 0.179 e. The van der Waals surface area contributed by atoms with Crippen molar-refractivity contribution in [3.05, 3.63) is 267 Å². The quantitative estimate of drug-likeness (QED) is 0.101. The van der Waals surface area contributed by atoms with E-state index < -0.39 is 8.07 Å². The Balaban J connectivity index is 0.936. The van der Waals surface area contributed by atoms with Crippen LogP contribution in [0.15, 0.2) is 271 Å². The molecule has 3 nitrogen and oxygen atoms in total. The predicted octanol–water partition coefficient (Wildman–Crippen LogP) is 13.7. The molecule has 0 saturated heterocycles. The molecule has 2 heterocycles. The molecule has 12 aromatic rings. The number of nitrogens with zero attached hydrogens (tertiary/aromatic N) is 2. The van der Waals surface area contributed by atoms with Crippen LogP contribution in [0.5, 0.6) is 0 Å². The Kier molecular flexibility index (Phi) is 9.85. The van der Waals surface area contributed by atoms with Crippen molar-refractivity contribution >= 4 is 78.9 Å². The normalized spacial score (nSPS) is 11.6. The van der Waals surface area contributed by atoms with Gasteiger partial charge in [-0.2, -0.15) is 0 Å². The zero-order valence-corrected chi connectivity index (χ0v) is 37.2. The summed E-state index contributed by atoms with van der Waals surface area (Å²) in [5, 5.41) is 7.64. The molecule has 0 atom stereocenters. The Hall–Kier alpha value is -8.44. The topological polar surface area (TPSA) is 21.3 Å². The first-order valence-electron chi connectivity index (χ1n) is 22.6. The predicted molar refractivity (Wildman–Crippen MR) is 280 cm³/mol. The number of fused-ring (bicyclic) bond motifs is 5. The van der Waals surface area contributed by atoms with Crippen LogP contribution in [-0.2, 0) is 0 Å². The lowest BCUT2D eigenvalue weighted by Gasteiger charge is -2.35. The van der Waals surface area contributed by atoms with E-state index in [2.05, 4.69) is 264 Å². The summed E-state index contributed by atoms with van der Waals surface area (Å²) in [5.74, 6) is 0. The zero-order valence-electron chi connectivity index (χ0n) is 36.2. The average Bonchev–Trinajstić information content (AvgIpc) is 3.94. The van der Waals surface area contributed by atoms with Gasteiger partial charge in [-0.3, -0.25) is 0 Å². The van der Waals surface area contributed by atoms with Gasteiger partial charge in [-0.1, -0.05) is 194 Å². The van der Waals surface area contributed by atoms with Crippen LogP contribution in [0, 0.1) is 0 Å². The molecule has 0 aliphatic carbocycles. The second-order valence-electron chi connectivity index (χ2n) is 16.9. The SMILES string of the molecule is c1ccc(-c2ccc(N(c3ccc(-c4ccc(-n5c6ccccc6c6oc7ccccc7c65)cc4)cc3)c3ccc([Si](c4ccccc4)(c4ccccc4)c4ccccc4)cc3)cc2)cc1. The third-order valence-electron chi connectivity index (χ3n) is 13.2. The highest BCUT2D eigenvalue weighted by Gasteiger charge is 2.41. The maximum absolute atomic E-state index is 6.43. The first-order chi connectivity index (χ1) is 32.7. The summed E-state index contributed by atoms with van der Waals surface area (Å²) in [6.07, 6.45) is 0. The summed E-state index contributed by atoms with van der Waals surface area (Å²) < 4.78 is 8.77. The average molecular weight is 861 g/mol. The Morgan fingerprint density at radius 1 is 0.318 bits per heavy atom. The molecular weight excluding hydrogens is 817 g/mol. The van der Waals surface area contributed by atoms with Crippen LogP contribution in [0.1, 0.15) is 0 Å². The molecule has 0 aliphatic heterocycles. The molecule has 0 bridgehead atoms. The summed E-state index contributed by atoms with van der Waals surface area (Å²) in [6.45, 7) is 0. The molecule has 0 N–H and O–H groups in total. The lowest BCUT2D eigenvalue weighted by Crippen LogP contribution is -2.74. The molecule has 0 aliphatic rings. The third kappa shape index (κ3) is 6.66. The van der Waals surface area contributed by atoms with Crippen molar-refractivity contribution in [3.63, 3.8) is 0 Å². The maximum Gasteiger partial charge on any atom is 0.179 e. The van der Waals surface area contributed by atoms with Gasteiger partial charge in [0.1, 0.15) is 11.1 Å². The minimum Gasteiger partial charge on any atom is -0.454 e. The Morgan fingerprint density at radius 3 is 1.21 bits per heavy atom. The van der Waals surface area contributed by atoms with Crippen molar-refractivity contribution in [1.29, 1.82) is 0 Å². The van der Waals surface area contributed by atoms with Gasteiger partial charge in [0.15, 0.2) is 13.7 Å². The fourth-order valence-corrected chi connectivity index (χ4v) is 14.8. The molecule has 66 heavy (non-hydrogen) atoms. The van der Waals surface area contributed by atoms with E-state index >= 15 is 0 Å². The second kappa shape index (κ2) is 16.6. The Bertz CT molecular complexity index is 3480. The van der Waals surface area contributed by atoms with Crippen molar-refractivity contribution < 1.29 is 4.42 Å². The molecule has 0 unspecified atom stereocenters. The van der Waals surface area contributed by atoms with E-state index in [0.717, 1.165) is 66.8 Å². The van der Waals surface area contributed by atoms with Crippen molar-refractivity contribution in [3.8, 4) is 27.9 Å². The van der Waals surface area contributed by atoms with Crippen LogP contribution < -0.4 is 25.6 Å². The molecule has 4 heteroatoms. The van der Waals surface area contributed by atoms with Gasteiger partial charge in [-0.15, -0.1) is 0 Å². The van der Waals surface area contributed by atoms with Crippen LogP contribution in [0.25, 0.3) is 60.9 Å². The minimum absolute atomic E-state index is 0.900. The van der Waals surface area contributed by atoms with Gasteiger partial charge < -0.3 is 13.9 Å². The molecule has 2 aromatic heterocycles. The van der Waals surface area contributed by atoms with Crippen molar-refractivity contribution in [2.75, 3.05) is 4.90 Å². The van der Waals surface area contributed by atoms with Crippen molar-refractivity contribution in [2.24, 2.45) is 0 Å². The van der Waals surface area contributed by atoms with Gasteiger partial charge in [0.05, 0.1) is 5.52 Å². The number of hydrogen-bond acceptors (Lipinski definition) is 2. The highest BCUT2D eigenvalue weighted by molar-refractivity contribution is 7.19. The molecule has 12 rings (SSSR count). The van der Waals surface area contributed by atoms with Crippen molar-refractivity contribution in [2.45, 2.75) is 0 Å². The van der Waals surface area contributed by atoms with E-state index in [1.165, 1.54) is 31.9 Å². The monoisotopic (exact) mass is 860 g/mol. The van der Waals surface area contributed by atoms with E-state index in [1.807, 2.05) is 12.1 Å². The molecule has 312 valence electrons. The highest BCUT2D eigenvalue weighted by Crippen LogP contribution is 2.40. The highest BCUT2D eigenvalue weighted by atomic mass is 28.3. The van der Waals surface area contributed by atoms with Crippen LogP contribution in [0.4, 0.5) is 17.1 Å². The van der Waals surface area contributed by atoms with E-state index in [9.17, 15) is 0 Å². The Labute approximate surface area is 385 Å². The number of para-hydroxylation sites is 2. The molecule has 0 saturated carbocycles. The summed E-state index contributed by atoms with van der Waals surface area (Å²) in [5.41, 5.74) is 13.1. The Morgan fingerprint density at radius 2 is 0.697 bits per heavy atom. The van der Waals surface area contributed by atoms with Gasteiger partial charge in [0.25, 0.3) is 0 Å². The number of anilines is 3. The number of benzene rings is 10. The fourth-order valence-electron chi connectivity index (χ4n) is 10.1. The van der Waals surface area contributed by atoms with Gasteiger partial charge in [0, 0.05) is 33.5 Å². The number of furan rings is 1. The molecule has 0 radical (unpaired) electrons. The third-order valence-corrected chi connectivity index (χ3v) is 18.0. The van der Waals surface area contributed by atoms with E-state index in [4.69, 9.17) is 4.42 Å². The standard InChI is InChI=1S/C62H44N2OSi/c1-5-17-45(18-6-1)46-29-35-49(36-30-46)63(51-41-43-56(44-42-51)66(53-19-7-2-8-20-53,54-21-9-3-10-22-54)55-23-11-4-12-24-55)50-37-31-47(32-38-50)48-33-39-52(40-34-48)64-59-27-15-13-25-57(59)62-61(64)58-26-14-16-28-60(58)65-62/h1-44H. The maximum atomic E-state index is 6.43. The molecule has 0 spiro atoms. The van der Waals surface area contributed by atoms with Crippen LogP contribution in [-0.4, -0.2) is 12.6 Å². The lowest BCUT2D eigenvalue weighted by atomic mass is 10.0. The number of rotatable bonds is 10. The van der Waals surface area contributed by atoms with Gasteiger partial charge >= 0.3 is 0 Å². The zero-order chi connectivity index (χ0) is 43.9. The van der Waals surface area contributed by atoms with E-state index in [0.29, 0.717) is 0 Å². The summed E-state index contributed by atoms with van der Waals surface area (Å²) >= 11 is 0. The number of aromatic nitrogens is 1. The first-order valence-corrected chi connectivity index (χ1v) is 24.6. The second-order valence-corrected chi connectivity index (χ2v) is 20.7.